The van der Waals surface area contributed by atoms with E-state index in [0.29, 0.717) is 35.5 Å². The summed E-state index contributed by atoms with van der Waals surface area (Å²) in [5, 5.41) is 3.46. The van der Waals surface area contributed by atoms with Crippen LogP contribution in [-0.4, -0.2) is 26.0 Å². The number of hydrogen-bond donors (Lipinski definition) is 3. The number of nitrogens with two attached hydrogens (primary N) is 1. The highest BCUT2D eigenvalue weighted by molar-refractivity contribution is 6.28. The number of halogens is 4. The number of fused-ring (bicyclic) bond motifs is 1. The number of aromatic nitrogens is 4. The van der Waals surface area contributed by atoms with Crippen LogP contribution in [0.4, 0.5) is 10.2 Å². The van der Waals surface area contributed by atoms with Crippen LogP contribution in [0.5, 0.6) is 0 Å². The molecule has 0 aliphatic heterocycles. The largest absolute Gasteiger partial charge is 0.365 e. The van der Waals surface area contributed by atoms with Crippen molar-refractivity contribution < 1.29 is 4.39 Å². The molecule has 0 saturated heterocycles. The Hall–Kier alpha value is -1.67. The number of H-pyrrole nitrogens is 1. The van der Waals surface area contributed by atoms with Gasteiger partial charge in [-0.2, -0.15) is 9.97 Å². The van der Waals surface area contributed by atoms with Crippen LogP contribution >= 0.6 is 36.4 Å². The van der Waals surface area contributed by atoms with Gasteiger partial charge in [0, 0.05) is 31.4 Å². The Labute approximate surface area is 174 Å². The van der Waals surface area contributed by atoms with Gasteiger partial charge >= 0.3 is 0 Å². The second kappa shape index (κ2) is 10.0. The molecule has 0 radical (unpaired) electrons. The minimum Gasteiger partial charge on any atom is -0.365 e. The number of aromatic amines is 1. The van der Waals surface area contributed by atoms with Gasteiger partial charge in [-0.3, -0.25) is 4.98 Å². The Kier molecular flexibility index (Phi) is 8.68. The maximum atomic E-state index is 14.9. The number of nitrogens with zero attached hydrogens (tertiary/aromatic N) is 3. The second-order valence-electron chi connectivity index (χ2n) is 6.30. The summed E-state index contributed by atoms with van der Waals surface area (Å²) in [7, 11) is 0. The summed E-state index contributed by atoms with van der Waals surface area (Å²) in [6.07, 6.45) is 3.78. The van der Waals surface area contributed by atoms with Gasteiger partial charge in [0.15, 0.2) is 5.82 Å². The first-order valence-corrected chi connectivity index (χ1v) is 8.45. The standard InChI is InChI=1S/C17H20ClFN6.2ClH/c1-9(2)11(20)7-12-14(19)13-15(24-17(18)25-16(13)23-12)22-8-10-3-5-21-6-4-10;;/h3-6,9,11H,7-8,20H2,1-2H3,(H2,22,23,24,25);2*1H. The van der Waals surface area contributed by atoms with Gasteiger partial charge in [-0.05, 0) is 35.2 Å². The third-order valence-corrected chi connectivity index (χ3v) is 4.31. The van der Waals surface area contributed by atoms with E-state index in [1.807, 2.05) is 26.0 Å². The molecule has 4 N–H and O–H groups in total. The van der Waals surface area contributed by atoms with Gasteiger partial charge < -0.3 is 16.0 Å². The lowest BCUT2D eigenvalue weighted by Gasteiger charge is -2.14. The number of hydrogen-bond acceptors (Lipinski definition) is 5. The summed E-state index contributed by atoms with van der Waals surface area (Å²) in [4.78, 5) is 15.2. The predicted octanol–water partition coefficient (Wildman–Crippen LogP) is 4.13. The van der Waals surface area contributed by atoms with Crippen LogP contribution < -0.4 is 11.1 Å². The van der Waals surface area contributed by atoms with Crippen molar-refractivity contribution in [1.82, 2.24) is 19.9 Å². The molecule has 3 rings (SSSR count). The number of pyridine rings is 1. The molecule has 3 aromatic heterocycles. The molecule has 0 aliphatic rings. The summed E-state index contributed by atoms with van der Waals surface area (Å²) in [6.45, 7) is 4.48. The molecule has 0 amide bonds. The number of anilines is 1. The second-order valence-corrected chi connectivity index (χ2v) is 6.64. The summed E-state index contributed by atoms with van der Waals surface area (Å²) in [5.41, 5.74) is 7.85. The first-order chi connectivity index (χ1) is 12.0. The van der Waals surface area contributed by atoms with Crippen molar-refractivity contribution in [2.45, 2.75) is 32.9 Å². The van der Waals surface area contributed by atoms with E-state index < -0.39 is 0 Å². The first kappa shape index (κ1) is 23.4. The molecule has 0 bridgehead atoms. The molecule has 10 heteroatoms. The van der Waals surface area contributed by atoms with Gasteiger partial charge in [-0.1, -0.05) is 13.8 Å². The lowest BCUT2D eigenvalue weighted by Crippen LogP contribution is -2.29. The Morgan fingerprint density at radius 3 is 2.52 bits per heavy atom. The SMILES string of the molecule is CC(C)C(N)Cc1[nH]c2nc(Cl)nc(NCc3ccncc3)c2c1F.Cl.Cl. The molecular weight excluding hydrogens is 414 g/mol. The Bertz CT molecular complexity index is 872. The van der Waals surface area contributed by atoms with Gasteiger partial charge in [-0.15, -0.1) is 24.8 Å². The van der Waals surface area contributed by atoms with Crippen molar-refractivity contribution in [3.05, 3.63) is 46.9 Å². The van der Waals surface area contributed by atoms with Crippen LogP contribution in [0, 0.1) is 11.7 Å². The molecule has 3 aromatic rings. The topological polar surface area (TPSA) is 92.5 Å². The molecule has 0 fully saturated rings. The predicted molar refractivity (Wildman–Crippen MR) is 111 cm³/mol. The molecule has 0 aliphatic carbocycles. The van der Waals surface area contributed by atoms with E-state index in [4.69, 9.17) is 17.3 Å². The van der Waals surface area contributed by atoms with Gasteiger partial charge in [0.2, 0.25) is 5.28 Å². The van der Waals surface area contributed by atoms with Crippen LogP contribution in [0.3, 0.4) is 0 Å². The van der Waals surface area contributed by atoms with E-state index >= 15 is 0 Å². The summed E-state index contributed by atoms with van der Waals surface area (Å²) in [5.74, 6) is 0.203. The fourth-order valence-corrected chi connectivity index (χ4v) is 2.68. The zero-order valence-electron chi connectivity index (χ0n) is 14.9. The third kappa shape index (κ3) is 5.42. The van der Waals surface area contributed by atoms with Crippen molar-refractivity contribution in [3.8, 4) is 0 Å². The van der Waals surface area contributed by atoms with E-state index in [2.05, 4.69) is 25.3 Å². The van der Waals surface area contributed by atoms with Gasteiger partial charge in [0.05, 0.1) is 11.1 Å². The van der Waals surface area contributed by atoms with E-state index in [1.54, 1.807) is 12.4 Å². The van der Waals surface area contributed by atoms with Crippen molar-refractivity contribution >= 4 is 53.3 Å². The van der Waals surface area contributed by atoms with E-state index in [1.165, 1.54) is 0 Å². The monoisotopic (exact) mass is 434 g/mol. The third-order valence-electron chi connectivity index (χ3n) is 4.14. The highest BCUT2D eigenvalue weighted by Crippen LogP contribution is 2.28. The highest BCUT2D eigenvalue weighted by atomic mass is 35.5. The molecule has 27 heavy (non-hydrogen) atoms. The smallest absolute Gasteiger partial charge is 0.226 e. The Balaban J connectivity index is 0.00000182. The lowest BCUT2D eigenvalue weighted by molar-refractivity contribution is 0.477. The molecule has 0 spiro atoms. The highest BCUT2D eigenvalue weighted by Gasteiger charge is 2.20. The van der Waals surface area contributed by atoms with Crippen LogP contribution in [0.25, 0.3) is 11.0 Å². The molecule has 0 saturated carbocycles. The van der Waals surface area contributed by atoms with Crippen molar-refractivity contribution in [1.29, 1.82) is 0 Å². The fraction of sp³-hybridized carbons (Fsp3) is 0.353. The fourth-order valence-electron chi connectivity index (χ4n) is 2.51. The quantitative estimate of drug-likeness (QED) is 0.506. The van der Waals surface area contributed by atoms with Crippen molar-refractivity contribution in [3.63, 3.8) is 0 Å². The molecule has 1 unspecified atom stereocenters. The summed E-state index contributed by atoms with van der Waals surface area (Å²) in [6, 6.07) is 3.58. The average Bonchev–Trinajstić information content (AvgIpc) is 2.89. The zero-order chi connectivity index (χ0) is 18.0. The molecular formula is C17H22Cl3FN6. The molecule has 6 nitrogen and oxygen atoms in total. The van der Waals surface area contributed by atoms with Crippen molar-refractivity contribution in [2.75, 3.05) is 5.32 Å². The zero-order valence-corrected chi connectivity index (χ0v) is 17.3. The van der Waals surface area contributed by atoms with Gasteiger partial charge in [0.25, 0.3) is 0 Å². The lowest BCUT2D eigenvalue weighted by atomic mass is 10.0. The van der Waals surface area contributed by atoms with Crippen LogP contribution in [0.15, 0.2) is 24.5 Å². The molecule has 148 valence electrons. The maximum Gasteiger partial charge on any atom is 0.226 e. The minimum absolute atomic E-state index is 0. The van der Waals surface area contributed by atoms with Crippen LogP contribution in [-0.2, 0) is 13.0 Å². The van der Waals surface area contributed by atoms with Gasteiger partial charge in [-0.25, -0.2) is 4.39 Å². The summed E-state index contributed by atoms with van der Waals surface area (Å²) >= 11 is 5.98. The van der Waals surface area contributed by atoms with Crippen LogP contribution in [0.1, 0.15) is 25.1 Å². The molecule has 1 atom stereocenters. The number of rotatable bonds is 6. The van der Waals surface area contributed by atoms with Crippen molar-refractivity contribution in [2.24, 2.45) is 11.7 Å². The maximum absolute atomic E-state index is 14.9. The molecule has 0 aromatic carbocycles. The number of nitrogens with one attached hydrogen (secondary N) is 2. The minimum atomic E-state index is -0.389. The Morgan fingerprint density at radius 1 is 1.22 bits per heavy atom. The molecule has 3 heterocycles. The van der Waals surface area contributed by atoms with Crippen LogP contribution in [0.2, 0.25) is 5.28 Å². The van der Waals surface area contributed by atoms with E-state index in [-0.39, 0.29) is 47.9 Å². The summed E-state index contributed by atoms with van der Waals surface area (Å²) < 4.78 is 14.9. The van der Waals surface area contributed by atoms with E-state index in [0.717, 1.165) is 5.56 Å². The first-order valence-electron chi connectivity index (χ1n) is 8.07. The van der Waals surface area contributed by atoms with Gasteiger partial charge in [0.1, 0.15) is 11.5 Å². The average molecular weight is 436 g/mol. The van der Waals surface area contributed by atoms with E-state index in [9.17, 15) is 4.39 Å². The normalized spacial score (nSPS) is 11.8. The Morgan fingerprint density at radius 2 is 1.89 bits per heavy atom.